The molecule has 0 spiro atoms. The van der Waals surface area contributed by atoms with Crippen molar-refractivity contribution in [3.05, 3.63) is 22.7 Å². The zero-order valence-corrected chi connectivity index (χ0v) is 16.7. The molecule has 6 heteroatoms. The minimum absolute atomic E-state index is 0.00666. The van der Waals surface area contributed by atoms with E-state index in [9.17, 15) is 9.59 Å². The lowest BCUT2D eigenvalue weighted by atomic mass is 10.1. The molecule has 5 nitrogen and oxygen atoms in total. The van der Waals surface area contributed by atoms with Crippen LogP contribution < -0.4 is 15.0 Å². The van der Waals surface area contributed by atoms with Crippen LogP contribution in [0.3, 0.4) is 0 Å². The average molecular weight is 381 g/mol. The molecule has 1 aromatic carbocycles. The number of benzene rings is 1. The van der Waals surface area contributed by atoms with Crippen molar-refractivity contribution in [2.24, 2.45) is 0 Å². The van der Waals surface area contributed by atoms with Crippen LogP contribution in [0.25, 0.3) is 0 Å². The number of hydrogen-bond donors (Lipinski definition) is 1. The quantitative estimate of drug-likeness (QED) is 0.751. The summed E-state index contributed by atoms with van der Waals surface area (Å²) >= 11 is 6.15. The van der Waals surface area contributed by atoms with Gasteiger partial charge in [-0.15, -0.1) is 0 Å². The molecule has 0 saturated heterocycles. The molecule has 0 aromatic heterocycles. The van der Waals surface area contributed by atoms with Crippen LogP contribution >= 0.6 is 11.6 Å². The fourth-order valence-electron chi connectivity index (χ4n) is 3.41. The Kier molecular flexibility index (Phi) is 7.76. The first kappa shape index (κ1) is 20.6. The molecule has 1 aliphatic carbocycles. The molecule has 1 fully saturated rings. The highest BCUT2D eigenvalue weighted by Gasteiger charge is 2.20. The zero-order chi connectivity index (χ0) is 19.1. The Morgan fingerprint density at radius 3 is 2.46 bits per heavy atom. The van der Waals surface area contributed by atoms with Crippen LogP contribution in [-0.4, -0.2) is 31.5 Å². The average Bonchev–Trinajstić information content (AvgIpc) is 2.86. The molecule has 1 aliphatic rings. The van der Waals surface area contributed by atoms with Crippen molar-refractivity contribution >= 4 is 29.1 Å². The Bertz CT molecular complexity index is 640. The van der Waals surface area contributed by atoms with Crippen LogP contribution in [0.2, 0.25) is 5.02 Å². The number of aryl methyl sites for hydroxylation is 1. The number of carbonyl (C=O) groups excluding carboxylic acids is 2. The molecule has 0 unspecified atom stereocenters. The summed E-state index contributed by atoms with van der Waals surface area (Å²) in [5.74, 6) is 0.389. The van der Waals surface area contributed by atoms with E-state index in [4.69, 9.17) is 16.3 Å². The van der Waals surface area contributed by atoms with Crippen LogP contribution in [0.15, 0.2) is 12.1 Å². The summed E-state index contributed by atoms with van der Waals surface area (Å²) in [5.41, 5.74) is 1.50. The van der Waals surface area contributed by atoms with Crippen molar-refractivity contribution in [1.29, 1.82) is 0 Å². The predicted molar refractivity (Wildman–Crippen MR) is 105 cm³/mol. The van der Waals surface area contributed by atoms with Gasteiger partial charge >= 0.3 is 0 Å². The van der Waals surface area contributed by atoms with Gasteiger partial charge in [0.1, 0.15) is 5.75 Å². The highest BCUT2D eigenvalue weighted by atomic mass is 35.5. The van der Waals surface area contributed by atoms with Crippen LogP contribution in [0.1, 0.15) is 57.4 Å². The number of halogens is 1. The first-order valence-electron chi connectivity index (χ1n) is 9.34. The van der Waals surface area contributed by atoms with E-state index in [2.05, 4.69) is 5.32 Å². The van der Waals surface area contributed by atoms with Crippen LogP contribution in [0.4, 0.5) is 5.69 Å². The largest absolute Gasteiger partial charge is 0.495 e. The van der Waals surface area contributed by atoms with Gasteiger partial charge in [0.25, 0.3) is 0 Å². The zero-order valence-electron chi connectivity index (χ0n) is 15.9. The topological polar surface area (TPSA) is 58.6 Å². The number of ether oxygens (including phenoxy) is 1. The standard InChI is InChI=1S/C20H29ClN2O3/c1-14-12-18(19(26-3)13-17(14)21)23(15(2)24)11-10-20(25)22-16-8-6-4-5-7-9-16/h12-13,16H,4-11H2,1-3H3,(H,22,25). The number of nitrogens with one attached hydrogen (secondary N) is 1. The molecular formula is C20H29ClN2O3. The molecule has 0 bridgehead atoms. The van der Waals surface area contributed by atoms with Gasteiger partial charge in [-0.3, -0.25) is 9.59 Å². The molecule has 2 rings (SSSR count). The molecule has 144 valence electrons. The molecule has 1 N–H and O–H groups in total. The second-order valence-corrected chi connectivity index (χ2v) is 7.36. The van der Waals surface area contributed by atoms with Crippen LogP contribution in [0.5, 0.6) is 5.75 Å². The maximum Gasteiger partial charge on any atom is 0.223 e. The Morgan fingerprint density at radius 1 is 1.23 bits per heavy atom. The lowest BCUT2D eigenvalue weighted by Gasteiger charge is -2.24. The van der Waals surface area contributed by atoms with Crippen molar-refractivity contribution in [3.8, 4) is 5.75 Å². The van der Waals surface area contributed by atoms with Gasteiger partial charge in [-0.25, -0.2) is 0 Å². The maximum absolute atomic E-state index is 12.4. The van der Waals surface area contributed by atoms with E-state index in [0.29, 0.717) is 23.0 Å². The Labute approximate surface area is 161 Å². The van der Waals surface area contributed by atoms with E-state index < -0.39 is 0 Å². The summed E-state index contributed by atoms with van der Waals surface area (Å²) in [5, 5.41) is 3.71. The SMILES string of the molecule is COc1cc(Cl)c(C)cc1N(CCC(=O)NC1CCCCCC1)C(C)=O. The molecule has 2 amide bonds. The van der Waals surface area contributed by atoms with Crippen molar-refractivity contribution in [2.45, 2.75) is 64.8 Å². The van der Waals surface area contributed by atoms with Gasteiger partial charge in [-0.05, 0) is 31.4 Å². The summed E-state index contributed by atoms with van der Waals surface area (Å²) in [6.45, 7) is 3.68. The third-order valence-electron chi connectivity index (χ3n) is 4.91. The van der Waals surface area contributed by atoms with Gasteiger partial charge in [0, 0.05) is 37.0 Å². The Hall–Kier alpha value is -1.75. The fraction of sp³-hybridized carbons (Fsp3) is 0.600. The van der Waals surface area contributed by atoms with E-state index in [-0.39, 0.29) is 24.3 Å². The minimum atomic E-state index is -0.132. The van der Waals surface area contributed by atoms with Crippen LogP contribution in [0, 0.1) is 6.92 Å². The summed E-state index contributed by atoms with van der Waals surface area (Å²) in [7, 11) is 1.54. The van der Waals surface area contributed by atoms with Crippen molar-refractivity contribution < 1.29 is 14.3 Å². The second kappa shape index (κ2) is 9.81. The monoisotopic (exact) mass is 380 g/mol. The Morgan fingerprint density at radius 2 is 1.88 bits per heavy atom. The normalized spacial score (nSPS) is 15.2. The summed E-state index contributed by atoms with van der Waals surface area (Å²) < 4.78 is 5.38. The van der Waals surface area contributed by atoms with Gasteiger partial charge in [0.2, 0.25) is 11.8 Å². The van der Waals surface area contributed by atoms with Gasteiger partial charge in [-0.2, -0.15) is 0 Å². The predicted octanol–water partition coefficient (Wildman–Crippen LogP) is 4.24. The number of methoxy groups -OCH3 is 1. The van der Waals surface area contributed by atoms with Gasteiger partial charge in [-0.1, -0.05) is 37.3 Å². The number of carbonyl (C=O) groups is 2. The third kappa shape index (κ3) is 5.63. The molecule has 1 saturated carbocycles. The smallest absolute Gasteiger partial charge is 0.223 e. The fourth-order valence-corrected chi connectivity index (χ4v) is 3.56. The number of nitrogens with zero attached hydrogens (tertiary/aromatic N) is 1. The second-order valence-electron chi connectivity index (χ2n) is 6.95. The van der Waals surface area contributed by atoms with E-state index in [1.807, 2.05) is 13.0 Å². The molecule has 0 radical (unpaired) electrons. The molecule has 0 heterocycles. The van der Waals surface area contributed by atoms with E-state index in [1.54, 1.807) is 18.1 Å². The molecule has 26 heavy (non-hydrogen) atoms. The van der Waals surface area contributed by atoms with Gasteiger partial charge in [0.05, 0.1) is 12.8 Å². The number of rotatable bonds is 6. The Balaban J connectivity index is 2.03. The van der Waals surface area contributed by atoms with Crippen LogP contribution in [-0.2, 0) is 9.59 Å². The number of anilines is 1. The number of amides is 2. The van der Waals surface area contributed by atoms with E-state index in [1.165, 1.54) is 32.6 Å². The van der Waals surface area contributed by atoms with E-state index >= 15 is 0 Å². The molecule has 0 atom stereocenters. The summed E-state index contributed by atoms with van der Waals surface area (Å²) in [4.78, 5) is 26.1. The lowest BCUT2D eigenvalue weighted by molar-refractivity contribution is -0.121. The molecular weight excluding hydrogens is 352 g/mol. The summed E-state index contributed by atoms with van der Waals surface area (Å²) in [6.07, 6.45) is 7.21. The number of hydrogen-bond acceptors (Lipinski definition) is 3. The molecule has 1 aromatic rings. The molecule has 0 aliphatic heterocycles. The lowest BCUT2D eigenvalue weighted by Crippen LogP contribution is -2.38. The van der Waals surface area contributed by atoms with Gasteiger partial charge < -0.3 is 15.0 Å². The van der Waals surface area contributed by atoms with Crippen molar-refractivity contribution in [1.82, 2.24) is 5.32 Å². The first-order valence-corrected chi connectivity index (χ1v) is 9.71. The minimum Gasteiger partial charge on any atom is -0.495 e. The summed E-state index contributed by atoms with van der Waals surface area (Å²) in [6, 6.07) is 3.79. The van der Waals surface area contributed by atoms with E-state index in [0.717, 1.165) is 18.4 Å². The highest BCUT2D eigenvalue weighted by molar-refractivity contribution is 6.31. The van der Waals surface area contributed by atoms with Crippen molar-refractivity contribution in [2.75, 3.05) is 18.6 Å². The third-order valence-corrected chi connectivity index (χ3v) is 5.32. The maximum atomic E-state index is 12.4. The first-order chi connectivity index (χ1) is 12.4. The highest BCUT2D eigenvalue weighted by Crippen LogP contribution is 2.34. The van der Waals surface area contributed by atoms with Gasteiger partial charge in [0.15, 0.2) is 0 Å². The van der Waals surface area contributed by atoms with Crippen molar-refractivity contribution in [3.63, 3.8) is 0 Å².